The number of rotatable bonds is 0. The van der Waals surface area contributed by atoms with Crippen molar-refractivity contribution < 1.29 is 24.0 Å². The van der Waals surface area contributed by atoms with Crippen molar-refractivity contribution in [3.63, 3.8) is 0 Å². The maximum atomic E-state index is 9.99. The van der Waals surface area contributed by atoms with Crippen molar-refractivity contribution in [1.29, 1.82) is 0 Å². The summed E-state index contributed by atoms with van der Waals surface area (Å²) in [6.45, 7) is 0. The average Bonchev–Trinajstić information content (AvgIpc) is 1.27. The highest BCUT2D eigenvalue weighted by Crippen LogP contribution is 1.95. The number of hydrogen-bond donors (Lipinski definition) is 0. The standard InChI is InChI=1S/F2O2S.F2S/c1-5(2,3)4;1-3-2. The summed E-state index contributed by atoms with van der Waals surface area (Å²) in [5.74, 6) is 0. The van der Waals surface area contributed by atoms with Gasteiger partial charge in [-0.05, 0) is 0 Å². The second-order valence-electron chi connectivity index (χ2n) is 0.437. The monoisotopic (exact) mass is 172 g/mol. The number of halogens is 4. The highest BCUT2D eigenvalue weighted by atomic mass is 32.3. The van der Waals surface area contributed by atoms with E-state index in [4.69, 9.17) is 8.42 Å². The third kappa shape index (κ3) is 379000. The third-order valence-electron chi connectivity index (χ3n) is 0. The molecule has 0 radical (unpaired) electrons. The van der Waals surface area contributed by atoms with Crippen LogP contribution in [0.4, 0.5) is 15.5 Å². The van der Waals surface area contributed by atoms with Crippen LogP contribution in [0.2, 0.25) is 0 Å². The summed E-state index contributed by atoms with van der Waals surface area (Å²) >= 11 is -1.25. The maximum Gasteiger partial charge on any atom is 0.476 e. The van der Waals surface area contributed by atoms with E-state index in [9.17, 15) is 15.5 Å². The van der Waals surface area contributed by atoms with Crippen molar-refractivity contribution >= 4 is 23.1 Å². The molecule has 0 aromatic rings. The lowest BCUT2D eigenvalue weighted by Gasteiger charge is -1.57. The minimum atomic E-state index is -5.67. The van der Waals surface area contributed by atoms with Crippen molar-refractivity contribution in [2.75, 3.05) is 0 Å². The van der Waals surface area contributed by atoms with Crippen LogP contribution in [-0.2, 0) is 10.6 Å². The van der Waals surface area contributed by atoms with Crippen LogP contribution in [-0.4, -0.2) is 8.42 Å². The lowest BCUT2D eigenvalue weighted by Crippen LogP contribution is -1.69. The molecule has 8 heteroatoms. The van der Waals surface area contributed by atoms with Gasteiger partial charge in [0.25, 0.3) is 12.5 Å². The highest BCUT2D eigenvalue weighted by Gasteiger charge is 1.94. The summed E-state index contributed by atoms with van der Waals surface area (Å²) in [7, 11) is -5.67. The maximum absolute atomic E-state index is 9.99. The first-order chi connectivity index (χ1) is 3.41. The topological polar surface area (TPSA) is 34.1 Å². The summed E-state index contributed by atoms with van der Waals surface area (Å²) in [5.41, 5.74) is 0. The quantitative estimate of drug-likeness (QED) is 0.411. The molecule has 8 heavy (non-hydrogen) atoms. The molecule has 0 aliphatic carbocycles. The molecule has 0 rings (SSSR count). The third-order valence-corrected chi connectivity index (χ3v) is 0. The van der Waals surface area contributed by atoms with Gasteiger partial charge < -0.3 is 0 Å². The van der Waals surface area contributed by atoms with Gasteiger partial charge in [0.15, 0.2) is 0 Å². The van der Waals surface area contributed by atoms with E-state index in [0.717, 1.165) is 0 Å². The van der Waals surface area contributed by atoms with E-state index in [2.05, 4.69) is 0 Å². The van der Waals surface area contributed by atoms with E-state index in [-0.39, 0.29) is 0 Å². The van der Waals surface area contributed by atoms with Gasteiger partial charge >= 0.3 is 10.6 Å². The van der Waals surface area contributed by atoms with Crippen molar-refractivity contribution in [1.82, 2.24) is 0 Å². The lowest BCUT2D eigenvalue weighted by atomic mass is 15.9. The molecule has 0 unspecified atom stereocenters. The van der Waals surface area contributed by atoms with Crippen molar-refractivity contribution in [3.8, 4) is 0 Å². The van der Waals surface area contributed by atoms with Crippen molar-refractivity contribution in [3.05, 3.63) is 0 Å². The van der Waals surface area contributed by atoms with Gasteiger partial charge in [-0.15, -0.1) is 7.77 Å². The van der Waals surface area contributed by atoms with Gasteiger partial charge in [0.2, 0.25) is 0 Å². The van der Waals surface area contributed by atoms with Crippen LogP contribution < -0.4 is 0 Å². The predicted molar refractivity (Wildman–Crippen MR) is 20.9 cm³/mol. The summed E-state index contributed by atoms with van der Waals surface area (Å²) in [6, 6.07) is 0. The van der Waals surface area contributed by atoms with Gasteiger partial charge in [-0.2, -0.15) is 8.42 Å². The van der Waals surface area contributed by atoms with Gasteiger partial charge in [-0.25, -0.2) is 0 Å². The summed E-state index contributed by atoms with van der Waals surface area (Å²) in [5, 5.41) is 0. The van der Waals surface area contributed by atoms with Gasteiger partial charge in [-0.1, -0.05) is 7.77 Å². The Morgan fingerprint density at radius 2 is 1.12 bits per heavy atom. The van der Waals surface area contributed by atoms with E-state index < -0.39 is 23.1 Å². The van der Waals surface area contributed by atoms with E-state index in [0.29, 0.717) is 0 Å². The Hall–Kier alpha value is 0.0200. The van der Waals surface area contributed by atoms with Crippen molar-refractivity contribution in [2.45, 2.75) is 0 Å². The predicted octanol–water partition coefficient (Wildman–Crippen LogP) is 1.66. The molecule has 0 aliphatic heterocycles. The average molecular weight is 172 g/mol. The summed E-state index contributed by atoms with van der Waals surface area (Å²) < 4.78 is 55.7. The molecule has 0 atom stereocenters. The normalized spacial score (nSPS) is 9.50. The molecular weight excluding hydrogens is 172 g/mol. The Morgan fingerprint density at radius 1 is 1.12 bits per heavy atom. The van der Waals surface area contributed by atoms with Crippen LogP contribution in [0.25, 0.3) is 0 Å². The molecule has 0 spiro atoms. The van der Waals surface area contributed by atoms with Gasteiger partial charge in [-0.3, -0.25) is 0 Å². The molecule has 0 saturated carbocycles. The molecular formula is F4O2S2. The van der Waals surface area contributed by atoms with Crippen LogP contribution in [0, 0.1) is 0 Å². The Morgan fingerprint density at radius 3 is 1.12 bits per heavy atom. The van der Waals surface area contributed by atoms with Crippen LogP contribution in [0.1, 0.15) is 0 Å². The first kappa shape index (κ1) is 10.9. The minimum Gasteiger partial charge on any atom is -0.160 e. The van der Waals surface area contributed by atoms with E-state index in [1.165, 1.54) is 0 Å². The Balaban J connectivity index is 0. The van der Waals surface area contributed by atoms with Crippen LogP contribution in [0.15, 0.2) is 0 Å². The smallest absolute Gasteiger partial charge is 0.160 e. The zero-order chi connectivity index (χ0) is 7.21. The fourth-order valence-corrected chi connectivity index (χ4v) is 0. The zero-order valence-electron chi connectivity index (χ0n) is 3.14. The fourth-order valence-electron chi connectivity index (χ4n) is 0. The Bertz CT molecular complexity index is 106. The lowest BCUT2D eigenvalue weighted by molar-refractivity contribution is 0.501. The minimum absolute atomic E-state index is 1.25. The second-order valence-corrected chi connectivity index (χ2v) is 1.31. The first-order valence-electron chi connectivity index (χ1n) is 0.951. The van der Waals surface area contributed by atoms with Crippen molar-refractivity contribution in [2.24, 2.45) is 0 Å². The van der Waals surface area contributed by atoms with Crippen LogP contribution in [0.3, 0.4) is 0 Å². The fraction of sp³-hybridized carbons (Fsp3) is 0. The molecule has 2 nitrogen and oxygen atoms in total. The highest BCUT2D eigenvalue weighted by molar-refractivity contribution is 7.89. The molecule has 0 saturated heterocycles. The van der Waals surface area contributed by atoms with Gasteiger partial charge in [0.1, 0.15) is 0 Å². The Kier molecular flexibility index (Phi) is 7.04. The molecule has 0 heterocycles. The molecule has 0 bridgehead atoms. The van der Waals surface area contributed by atoms with Gasteiger partial charge in [0.05, 0.1) is 0 Å². The number of hydrogen-bond acceptors (Lipinski definition) is 3. The molecule has 0 fully saturated rings. The molecule has 0 aromatic heterocycles. The SMILES string of the molecule is FSF.O=S(=O)(F)F. The van der Waals surface area contributed by atoms with Crippen LogP contribution >= 0.6 is 12.5 Å². The molecule has 0 amide bonds. The summed E-state index contributed by atoms with van der Waals surface area (Å²) in [4.78, 5) is 0. The van der Waals surface area contributed by atoms with E-state index in [1.54, 1.807) is 0 Å². The Labute approximate surface area is 48.0 Å². The molecule has 0 N–H and O–H groups in total. The zero-order valence-corrected chi connectivity index (χ0v) is 4.78. The molecule has 0 aliphatic rings. The first-order valence-corrected chi connectivity index (χ1v) is 2.85. The van der Waals surface area contributed by atoms with Gasteiger partial charge in [0, 0.05) is 0 Å². The molecule has 0 aromatic carbocycles. The largest absolute Gasteiger partial charge is 0.476 e. The summed E-state index contributed by atoms with van der Waals surface area (Å²) in [6.07, 6.45) is 0. The van der Waals surface area contributed by atoms with E-state index in [1.807, 2.05) is 0 Å². The van der Waals surface area contributed by atoms with Crippen LogP contribution in [0.5, 0.6) is 0 Å². The van der Waals surface area contributed by atoms with E-state index >= 15 is 0 Å². The second kappa shape index (κ2) is 5.16. The molecule has 52 valence electrons.